The summed E-state index contributed by atoms with van der Waals surface area (Å²) in [5.74, 6) is -0.944. The van der Waals surface area contributed by atoms with E-state index in [9.17, 15) is 23.6 Å². The Morgan fingerprint density at radius 1 is 1.27 bits per heavy atom. The average Bonchev–Trinajstić information content (AvgIpc) is 3.08. The average molecular weight is 419 g/mol. The van der Waals surface area contributed by atoms with Crippen LogP contribution in [-0.2, 0) is 6.42 Å². The van der Waals surface area contributed by atoms with Crippen molar-refractivity contribution in [2.24, 2.45) is 0 Å². The lowest BCUT2D eigenvalue weighted by Gasteiger charge is -2.26. The van der Waals surface area contributed by atoms with Crippen LogP contribution in [0, 0.1) is 11.6 Å². The number of hydrogen-bond donors (Lipinski definition) is 3. The number of amides is 2. The van der Waals surface area contributed by atoms with Gasteiger partial charge in [0.05, 0.1) is 18.8 Å². The van der Waals surface area contributed by atoms with Crippen LogP contribution in [0.5, 0.6) is 5.75 Å². The molecule has 0 aliphatic carbocycles. The van der Waals surface area contributed by atoms with Crippen LogP contribution in [0.1, 0.15) is 17.2 Å². The quantitative estimate of drug-likeness (QED) is 0.610. The second-order valence-electron chi connectivity index (χ2n) is 7.47. The Bertz CT molecular complexity index is 943. The molecule has 2 amide bonds. The summed E-state index contributed by atoms with van der Waals surface area (Å²) in [5.41, 5.74) is 1.33. The summed E-state index contributed by atoms with van der Waals surface area (Å²) in [5, 5.41) is 21.4. The number of carbonyl (C=O) groups excluding carboxylic acids is 1. The Kier molecular flexibility index (Phi) is 6.59. The van der Waals surface area contributed by atoms with E-state index < -0.39 is 30.8 Å². The van der Waals surface area contributed by atoms with Gasteiger partial charge in [0.2, 0.25) is 0 Å². The lowest BCUT2D eigenvalue weighted by Crippen LogP contribution is -2.43. The maximum Gasteiger partial charge on any atom is 0.491 e. The van der Waals surface area contributed by atoms with Crippen molar-refractivity contribution in [2.75, 3.05) is 39.2 Å². The van der Waals surface area contributed by atoms with E-state index in [0.717, 1.165) is 6.07 Å². The standard InChI is InChI=1S/C20H24BF2N3O4/c1-25(2)11-18(13-6-14(22)9-15(7-13)30-3)24-20(27)26-5-4-12-8-16(21(28)29)17(23)10-19(12)26/h6-10,18,28-29H,4-5,11H2,1-3H3,(H,24,27)/t18-/m0/s1. The highest BCUT2D eigenvalue weighted by molar-refractivity contribution is 6.58. The van der Waals surface area contributed by atoms with Gasteiger partial charge in [-0.15, -0.1) is 0 Å². The number of ether oxygens (including phenoxy) is 1. The summed E-state index contributed by atoms with van der Waals surface area (Å²) in [6.07, 6.45) is 0.453. The molecule has 0 bridgehead atoms. The summed E-state index contributed by atoms with van der Waals surface area (Å²) >= 11 is 0. The van der Waals surface area contributed by atoms with Gasteiger partial charge < -0.3 is 25.0 Å². The van der Waals surface area contributed by atoms with Gasteiger partial charge >= 0.3 is 13.1 Å². The number of likely N-dealkylation sites (N-methyl/N-ethyl adjacent to an activating group) is 1. The van der Waals surface area contributed by atoms with Crippen LogP contribution >= 0.6 is 0 Å². The molecule has 30 heavy (non-hydrogen) atoms. The first-order valence-electron chi connectivity index (χ1n) is 9.45. The third-order valence-corrected chi connectivity index (χ3v) is 4.99. The van der Waals surface area contributed by atoms with Crippen LogP contribution in [0.4, 0.5) is 19.3 Å². The highest BCUT2D eigenvalue weighted by atomic mass is 19.1. The number of carbonyl (C=O) groups is 1. The Labute approximate surface area is 174 Å². The molecule has 1 atom stereocenters. The van der Waals surface area contributed by atoms with Crippen LogP contribution in [0.25, 0.3) is 0 Å². The van der Waals surface area contributed by atoms with E-state index in [-0.39, 0.29) is 5.46 Å². The van der Waals surface area contributed by atoms with Gasteiger partial charge in [0, 0.05) is 24.6 Å². The number of nitrogens with zero attached hydrogens (tertiary/aromatic N) is 2. The molecule has 10 heteroatoms. The smallest absolute Gasteiger partial charge is 0.491 e. The molecule has 2 aromatic carbocycles. The van der Waals surface area contributed by atoms with Gasteiger partial charge in [0.1, 0.15) is 17.4 Å². The van der Waals surface area contributed by atoms with Crippen molar-refractivity contribution >= 4 is 24.3 Å². The minimum atomic E-state index is -1.93. The predicted molar refractivity (Wildman–Crippen MR) is 110 cm³/mol. The lowest BCUT2D eigenvalue weighted by atomic mass is 9.79. The van der Waals surface area contributed by atoms with Crippen LogP contribution in [0.15, 0.2) is 30.3 Å². The van der Waals surface area contributed by atoms with E-state index in [1.54, 1.807) is 6.07 Å². The van der Waals surface area contributed by atoms with Crippen LogP contribution in [-0.4, -0.2) is 62.4 Å². The highest BCUT2D eigenvalue weighted by Crippen LogP contribution is 2.29. The van der Waals surface area contributed by atoms with E-state index in [1.807, 2.05) is 19.0 Å². The zero-order valence-corrected chi connectivity index (χ0v) is 17.0. The number of nitrogens with one attached hydrogen (secondary N) is 1. The molecule has 0 radical (unpaired) electrons. The normalized spacial score (nSPS) is 13.9. The van der Waals surface area contributed by atoms with E-state index in [4.69, 9.17) is 4.74 Å². The van der Waals surface area contributed by atoms with E-state index >= 15 is 0 Å². The second-order valence-corrected chi connectivity index (χ2v) is 7.47. The van der Waals surface area contributed by atoms with Gasteiger partial charge in [-0.3, -0.25) is 4.90 Å². The number of methoxy groups -OCH3 is 1. The van der Waals surface area contributed by atoms with Crippen LogP contribution < -0.4 is 20.4 Å². The zero-order valence-electron chi connectivity index (χ0n) is 17.0. The van der Waals surface area contributed by atoms with Crippen molar-refractivity contribution in [3.8, 4) is 5.75 Å². The third kappa shape index (κ3) is 4.72. The van der Waals surface area contributed by atoms with Gasteiger partial charge in [-0.05, 0) is 49.8 Å². The molecule has 3 rings (SSSR count). The molecule has 1 aliphatic heterocycles. The SMILES string of the molecule is COc1cc(F)cc([C@H](CN(C)C)NC(=O)N2CCc3cc(B(O)O)c(F)cc32)c1. The first-order valence-corrected chi connectivity index (χ1v) is 9.45. The summed E-state index contributed by atoms with van der Waals surface area (Å²) in [7, 11) is 3.17. The van der Waals surface area contributed by atoms with Gasteiger partial charge in [-0.2, -0.15) is 0 Å². The summed E-state index contributed by atoms with van der Waals surface area (Å²) < 4.78 is 33.3. The largest absolute Gasteiger partial charge is 0.497 e. The monoisotopic (exact) mass is 419 g/mol. The molecule has 7 nitrogen and oxygen atoms in total. The number of rotatable bonds is 6. The fourth-order valence-electron chi connectivity index (χ4n) is 3.57. The maximum atomic E-state index is 14.2. The second kappa shape index (κ2) is 8.99. The number of anilines is 1. The minimum Gasteiger partial charge on any atom is -0.497 e. The molecule has 0 saturated heterocycles. The van der Waals surface area contributed by atoms with Crippen molar-refractivity contribution < 1.29 is 28.4 Å². The van der Waals surface area contributed by atoms with Crippen molar-refractivity contribution in [1.29, 1.82) is 0 Å². The zero-order chi connectivity index (χ0) is 22.0. The predicted octanol–water partition coefficient (Wildman–Crippen LogP) is 1.03. The summed E-state index contributed by atoms with van der Waals surface area (Å²) in [4.78, 5) is 16.2. The summed E-state index contributed by atoms with van der Waals surface area (Å²) in [6, 6.07) is 5.74. The molecule has 3 N–H and O–H groups in total. The fraction of sp³-hybridized carbons (Fsp3) is 0.350. The van der Waals surface area contributed by atoms with Crippen LogP contribution in [0.3, 0.4) is 0 Å². The fourth-order valence-corrected chi connectivity index (χ4v) is 3.57. The Hall–Kier alpha value is -2.69. The van der Waals surface area contributed by atoms with E-state index in [1.165, 1.54) is 30.2 Å². The molecule has 0 unspecified atom stereocenters. The maximum absolute atomic E-state index is 14.2. The topological polar surface area (TPSA) is 85.3 Å². The Morgan fingerprint density at radius 2 is 2.00 bits per heavy atom. The molecule has 0 fully saturated rings. The number of halogens is 2. The molecule has 0 aromatic heterocycles. The number of benzene rings is 2. The Morgan fingerprint density at radius 3 is 2.63 bits per heavy atom. The van der Waals surface area contributed by atoms with Crippen molar-refractivity contribution in [3.63, 3.8) is 0 Å². The van der Waals surface area contributed by atoms with E-state index in [2.05, 4.69) is 5.32 Å². The molecule has 160 valence electrons. The van der Waals surface area contributed by atoms with Gasteiger partial charge in [0.15, 0.2) is 0 Å². The lowest BCUT2D eigenvalue weighted by molar-refractivity contribution is 0.238. The van der Waals surface area contributed by atoms with Gasteiger partial charge in [-0.25, -0.2) is 13.6 Å². The molecule has 2 aromatic rings. The van der Waals surface area contributed by atoms with Crippen molar-refractivity contribution in [3.05, 3.63) is 53.1 Å². The molecule has 1 heterocycles. The van der Waals surface area contributed by atoms with Crippen LogP contribution in [0.2, 0.25) is 0 Å². The van der Waals surface area contributed by atoms with Crippen molar-refractivity contribution in [1.82, 2.24) is 10.2 Å². The molecular formula is C20H24BF2N3O4. The van der Waals surface area contributed by atoms with Gasteiger partial charge in [0.25, 0.3) is 0 Å². The first kappa shape index (κ1) is 22.0. The first-order chi connectivity index (χ1) is 14.2. The number of urea groups is 1. The van der Waals surface area contributed by atoms with Gasteiger partial charge in [-0.1, -0.05) is 6.07 Å². The Balaban J connectivity index is 1.86. The van der Waals surface area contributed by atoms with Crippen molar-refractivity contribution in [2.45, 2.75) is 12.5 Å². The minimum absolute atomic E-state index is 0.228. The molecule has 0 saturated carbocycles. The highest BCUT2D eigenvalue weighted by Gasteiger charge is 2.30. The number of fused-ring (bicyclic) bond motifs is 1. The number of hydrogen-bond acceptors (Lipinski definition) is 5. The summed E-state index contributed by atoms with van der Waals surface area (Å²) in [6.45, 7) is 0.718. The third-order valence-electron chi connectivity index (χ3n) is 4.99. The molecule has 0 spiro atoms. The molecular weight excluding hydrogens is 395 g/mol. The molecule has 1 aliphatic rings. The van der Waals surface area contributed by atoms with E-state index in [0.29, 0.717) is 42.1 Å².